The van der Waals surface area contributed by atoms with Crippen molar-refractivity contribution in [3.63, 3.8) is 0 Å². The number of pyridine rings is 1. The number of hydrogen-bond acceptors (Lipinski definition) is 4. The van der Waals surface area contributed by atoms with Crippen molar-refractivity contribution in [3.05, 3.63) is 106 Å². The molecule has 1 N–H and O–H groups in total. The molecule has 1 heterocycles. The predicted molar refractivity (Wildman–Crippen MR) is 138 cm³/mol. The molecule has 4 nitrogen and oxygen atoms in total. The van der Waals surface area contributed by atoms with E-state index in [4.69, 9.17) is 9.72 Å². The maximum absolute atomic E-state index is 14.4. The van der Waals surface area contributed by atoms with Crippen LogP contribution in [0.2, 0.25) is 0 Å². The molecule has 0 saturated heterocycles. The molecule has 0 bridgehead atoms. The summed E-state index contributed by atoms with van der Waals surface area (Å²) in [7, 11) is 5.30. The van der Waals surface area contributed by atoms with Gasteiger partial charge in [-0.15, -0.1) is 0 Å². The van der Waals surface area contributed by atoms with Crippen molar-refractivity contribution in [2.45, 2.75) is 17.9 Å². The van der Waals surface area contributed by atoms with Gasteiger partial charge in [-0.3, -0.25) is 0 Å². The number of fused-ring (bicyclic) bond motifs is 1. The fourth-order valence-corrected chi connectivity index (χ4v) is 5.01. The Labute approximate surface area is 212 Å². The molecule has 35 heavy (non-hydrogen) atoms. The van der Waals surface area contributed by atoms with Crippen LogP contribution < -0.4 is 4.74 Å². The molecule has 0 radical (unpaired) electrons. The van der Waals surface area contributed by atoms with E-state index in [1.807, 2.05) is 73.6 Å². The predicted octanol–water partition coefficient (Wildman–Crippen LogP) is 6.26. The van der Waals surface area contributed by atoms with Gasteiger partial charge in [-0.25, -0.2) is 13.8 Å². The highest BCUT2D eigenvalue weighted by Crippen LogP contribution is 2.47. The lowest BCUT2D eigenvalue weighted by atomic mass is 9.71. The zero-order valence-corrected chi connectivity index (χ0v) is 21.4. The topological polar surface area (TPSA) is 45.6 Å². The Hall–Kier alpha value is -2.87. The summed E-state index contributed by atoms with van der Waals surface area (Å²) in [6.45, 7) is 0.479. The summed E-state index contributed by atoms with van der Waals surface area (Å²) in [6, 6.07) is 20.3. The minimum absolute atomic E-state index is 0.155. The molecule has 182 valence electrons. The number of ether oxygens (including phenoxy) is 1. The van der Waals surface area contributed by atoms with Crippen molar-refractivity contribution in [2.75, 3.05) is 27.7 Å². The van der Waals surface area contributed by atoms with E-state index >= 15 is 0 Å². The lowest BCUT2D eigenvalue weighted by molar-refractivity contribution is 0.00326. The molecular formula is C28H27BrF2N2O2. The summed E-state index contributed by atoms with van der Waals surface area (Å²) >= 11 is 3.54. The Balaban J connectivity index is 2.04. The van der Waals surface area contributed by atoms with E-state index in [2.05, 4.69) is 15.9 Å². The van der Waals surface area contributed by atoms with Gasteiger partial charge >= 0.3 is 0 Å². The molecule has 0 amide bonds. The fourth-order valence-electron chi connectivity index (χ4n) is 4.54. The number of hydrogen-bond donors (Lipinski definition) is 1. The molecular weight excluding hydrogens is 514 g/mol. The first-order valence-corrected chi connectivity index (χ1v) is 12.0. The van der Waals surface area contributed by atoms with Gasteiger partial charge < -0.3 is 14.7 Å². The maximum Gasteiger partial charge on any atom is 0.217 e. The van der Waals surface area contributed by atoms with Gasteiger partial charge in [0.05, 0.1) is 12.6 Å². The van der Waals surface area contributed by atoms with Crippen LogP contribution in [0.15, 0.2) is 77.3 Å². The number of nitrogens with zero attached hydrogens (tertiary/aromatic N) is 2. The van der Waals surface area contributed by atoms with E-state index in [1.54, 1.807) is 0 Å². The average molecular weight is 541 g/mol. The standard InChI is InChI=1S/C28H27BrF2N2O2/c1-33(2)13-12-28(34,20-15-21(30)17-22(31)16-20)25(18-8-5-4-6-9-18)23-14-19-10-7-11-24(29)26(19)32-27(23)35-3/h4-11,14-17,25,34H,12-13H2,1-3H3. The van der Waals surface area contributed by atoms with Gasteiger partial charge in [-0.1, -0.05) is 42.5 Å². The van der Waals surface area contributed by atoms with Gasteiger partial charge in [-0.05, 0) is 71.8 Å². The van der Waals surface area contributed by atoms with Crippen LogP contribution in [0, 0.1) is 11.6 Å². The zero-order valence-electron chi connectivity index (χ0n) is 19.8. The minimum atomic E-state index is -1.68. The van der Waals surface area contributed by atoms with Gasteiger partial charge in [-0.2, -0.15) is 0 Å². The Kier molecular flexibility index (Phi) is 7.50. The Morgan fingerprint density at radius 1 is 1.00 bits per heavy atom. The zero-order chi connectivity index (χ0) is 25.2. The second kappa shape index (κ2) is 10.4. The molecule has 0 aliphatic rings. The third-order valence-electron chi connectivity index (χ3n) is 6.21. The van der Waals surface area contributed by atoms with Gasteiger partial charge in [0.15, 0.2) is 0 Å². The number of rotatable bonds is 8. The first-order chi connectivity index (χ1) is 16.7. The van der Waals surface area contributed by atoms with Crippen LogP contribution in [0.5, 0.6) is 5.88 Å². The van der Waals surface area contributed by atoms with Crippen LogP contribution in [0.1, 0.15) is 29.0 Å². The van der Waals surface area contributed by atoms with Crippen LogP contribution in [0.3, 0.4) is 0 Å². The molecule has 3 aromatic carbocycles. The van der Waals surface area contributed by atoms with E-state index in [0.29, 0.717) is 23.5 Å². The van der Waals surface area contributed by atoms with Crippen LogP contribution >= 0.6 is 15.9 Å². The summed E-state index contributed by atoms with van der Waals surface area (Å²) < 4.78 is 35.4. The van der Waals surface area contributed by atoms with Crippen molar-refractivity contribution in [1.29, 1.82) is 0 Å². The summed E-state index contributed by atoms with van der Waals surface area (Å²) in [4.78, 5) is 6.66. The molecule has 0 aliphatic heterocycles. The number of halogens is 3. The van der Waals surface area contributed by atoms with Crippen LogP contribution in [0.4, 0.5) is 8.78 Å². The summed E-state index contributed by atoms with van der Waals surface area (Å²) in [5.41, 5.74) is 0.585. The highest BCUT2D eigenvalue weighted by atomic mass is 79.9. The number of aliphatic hydroxyl groups is 1. The van der Waals surface area contributed by atoms with Crippen molar-refractivity contribution in [2.24, 2.45) is 0 Å². The summed E-state index contributed by atoms with van der Waals surface area (Å²) in [5.74, 6) is -1.89. The lowest BCUT2D eigenvalue weighted by Gasteiger charge is -2.39. The van der Waals surface area contributed by atoms with Gasteiger partial charge in [0.1, 0.15) is 17.2 Å². The monoisotopic (exact) mass is 540 g/mol. The van der Waals surface area contributed by atoms with E-state index in [0.717, 1.165) is 21.5 Å². The van der Waals surface area contributed by atoms with Crippen LogP contribution in [-0.2, 0) is 5.60 Å². The van der Waals surface area contributed by atoms with Crippen LogP contribution in [0.25, 0.3) is 10.9 Å². The fraction of sp³-hybridized carbons (Fsp3) is 0.250. The molecule has 2 unspecified atom stereocenters. The molecule has 2 atom stereocenters. The van der Waals surface area contributed by atoms with E-state index in [-0.39, 0.29) is 12.0 Å². The Bertz CT molecular complexity index is 1310. The summed E-state index contributed by atoms with van der Waals surface area (Å²) in [5, 5.41) is 13.3. The van der Waals surface area contributed by atoms with E-state index in [1.165, 1.54) is 19.2 Å². The maximum atomic E-state index is 14.4. The largest absolute Gasteiger partial charge is 0.481 e. The minimum Gasteiger partial charge on any atom is -0.481 e. The SMILES string of the molecule is COc1nc2c(Br)cccc2cc1C(c1ccccc1)C(O)(CCN(C)C)c1cc(F)cc(F)c1. The molecule has 0 aliphatic carbocycles. The van der Waals surface area contributed by atoms with E-state index < -0.39 is 23.2 Å². The number of benzene rings is 3. The quantitative estimate of drug-likeness (QED) is 0.286. The number of methoxy groups -OCH3 is 1. The molecule has 4 rings (SSSR count). The van der Waals surface area contributed by atoms with Gasteiger partial charge in [0, 0.05) is 34.0 Å². The lowest BCUT2D eigenvalue weighted by Crippen LogP contribution is -2.38. The van der Waals surface area contributed by atoms with E-state index in [9.17, 15) is 13.9 Å². The van der Waals surface area contributed by atoms with Crippen molar-refractivity contribution < 1.29 is 18.6 Å². The molecule has 0 saturated carbocycles. The molecule has 0 fully saturated rings. The first kappa shape index (κ1) is 25.2. The normalized spacial score (nSPS) is 14.2. The highest BCUT2D eigenvalue weighted by molar-refractivity contribution is 9.10. The number of para-hydroxylation sites is 1. The van der Waals surface area contributed by atoms with Gasteiger partial charge in [0.25, 0.3) is 0 Å². The number of aromatic nitrogens is 1. The smallest absolute Gasteiger partial charge is 0.217 e. The Morgan fingerprint density at radius 2 is 1.69 bits per heavy atom. The molecule has 1 aromatic heterocycles. The van der Waals surface area contributed by atoms with Crippen LogP contribution in [-0.4, -0.2) is 42.7 Å². The highest BCUT2D eigenvalue weighted by Gasteiger charge is 2.43. The molecule has 0 spiro atoms. The third kappa shape index (κ3) is 5.22. The second-order valence-electron chi connectivity index (χ2n) is 8.88. The average Bonchev–Trinajstić information content (AvgIpc) is 2.83. The Morgan fingerprint density at radius 3 is 2.31 bits per heavy atom. The molecule has 4 aromatic rings. The third-order valence-corrected chi connectivity index (χ3v) is 6.85. The van der Waals surface area contributed by atoms with Crippen molar-refractivity contribution in [3.8, 4) is 5.88 Å². The van der Waals surface area contributed by atoms with Crippen molar-refractivity contribution in [1.82, 2.24) is 9.88 Å². The first-order valence-electron chi connectivity index (χ1n) is 11.2. The molecule has 7 heteroatoms. The van der Waals surface area contributed by atoms with Crippen molar-refractivity contribution >= 4 is 26.8 Å². The second-order valence-corrected chi connectivity index (χ2v) is 9.73. The summed E-state index contributed by atoms with van der Waals surface area (Å²) in [6.07, 6.45) is 0.210. The van der Waals surface area contributed by atoms with Gasteiger partial charge in [0.2, 0.25) is 5.88 Å².